The molecule has 0 fully saturated rings. The van der Waals surface area contributed by atoms with Gasteiger partial charge in [-0.3, -0.25) is 9.78 Å². The van der Waals surface area contributed by atoms with Gasteiger partial charge in [-0.15, -0.1) is 0 Å². The SMILES string of the molecule is O=C(CCNCc1cccnc1)Nc1ccc(F)cc1. The number of benzene rings is 1. The van der Waals surface area contributed by atoms with Crippen molar-refractivity contribution in [1.82, 2.24) is 10.3 Å². The molecule has 0 aliphatic rings. The van der Waals surface area contributed by atoms with E-state index in [-0.39, 0.29) is 11.7 Å². The summed E-state index contributed by atoms with van der Waals surface area (Å²) in [5, 5.41) is 5.88. The predicted octanol–water partition coefficient (Wildman–Crippen LogP) is 2.34. The van der Waals surface area contributed by atoms with E-state index in [0.29, 0.717) is 25.2 Å². The Bertz CT molecular complexity index is 543. The van der Waals surface area contributed by atoms with E-state index in [2.05, 4.69) is 15.6 Å². The smallest absolute Gasteiger partial charge is 0.225 e. The zero-order valence-electron chi connectivity index (χ0n) is 11.0. The normalized spacial score (nSPS) is 10.2. The third kappa shape index (κ3) is 4.78. The van der Waals surface area contributed by atoms with Crippen molar-refractivity contribution in [3.05, 3.63) is 60.2 Å². The molecule has 0 bridgehead atoms. The second-order valence-electron chi connectivity index (χ2n) is 4.34. The summed E-state index contributed by atoms with van der Waals surface area (Å²) >= 11 is 0. The first kappa shape index (κ1) is 14.1. The first-order valence-electron chi connectivity index (χ1n) is 6.39. The monoisotopic (exact) mass is 273 g/mol. The molecule has 104 valence electrons. The van der Waals surface area contributed by atoms with E-state index < -0.39 is 0 Å². The highest BCUT2D eigenvalue weighted by Gasteiger charge is 2.02. The van der Waals surface area contributed by atoms with Crippen molar-refractivity contribution < 1.29 is 9.18 Å². The summed E-state index contributed by atoms with van der Waals surface area (Å²) < 4.78 is 12.7. The van der Waals surface area contributed by atoms with Crippen LogP contribution in [0.15, 0.2) is 48.8 Å². The van der Waals surface area contributed by atoms with Gasteiger partial charge in [0.25, 0.3) is 0 Å². The van der Waals surface area contributed by atoms with E-state index >= 15 is 0 Å². The molecule has 0 aliphatic heterocycles. The van der Waals surface area contributed by atoms with Crippen molar-refractivity contribution in [1.29, 1.82) is 0 Å². The van der Waals surface area contributed by atoms with Gasteiger partial charge < -0.3 is 10.6 Å². The summed E-state index contributed by atoms with van der Waals surface area (Å²) in [6, 6.07) is 9.55. The van der Waals surface area contributed by atoms with Crippen LogP contribution in [0.3, 0.4) is 0 Å². The number of anilines is 1. The van der Waals surface area contributed by atoms with Crippen LogP contribution in [0.4, 0.5) is 10.1 Å². The van der Waals surface area contributed by atoms with E-state index in [4.69, 9.17) is 0 Å². The highest BCUT2D eigenvalue weighted by atomic mass is 19.1. The molecule has 2 N–H and O–H groups in total. The van der Waals surface area contributed by atoms with Crippen LogP contribution >= 0.6 is 0 Å². The topological polar surface area (TPSA) is 54.0 Å². The molecule has 0 atom stereocenters. The van der Waals surface area contributed by atoms with Crippen molar-refractivity contribution in [2.75, 3.05) is 11.9 Å². The zero-order chi connectivity index (χ0) is 14.2. The minimum Gasteiger partial charge on any atom is -0.326 e. The maximum atomic E-state index is 12.7. The number of aromatic nitrogens is 1. The molecular formula is C15H16FN3O. The predicted molar refractivity (Wildman–Crippen MR) is 75.6 cm³/mol. The lowest BCUT2D eigenvalue weighted by molar-refractivity contribution is -0.116. The van der Waals surface area contributed by atoms with Crippen LogP contribution in [0.2, 0.25) is 0 Å². The first-order chi connectivity index (χ1) is 9.74. The fraction of sp³-hybridized carbons (Fsp3) is 0.200. The number of carbonyl (C=O) groups excluding carboxylic acids is 1. The van der Waals surface area contributed by atoms with E-state index in [1.807, 2.05) is 12.1 Å². The van der Waals surface area contributed by atoms with Crippen molar-refractivity contribution in [2.24, 2.45) is 0 Å². The van der Waals surface area contributed by atoms with Crippen LogP contribution in [-0.2, 0) is 11.3 Å². The van der Waals surface area contributed by atoms with E-state index in [1.165, 1.54) is 24.3 Å². The van der Waals surface area contributed by atoms with Gasteiger partial charge in [0.2, 0.25) is 5.91 Å². The Balaban J connectivity index is 1.66. The average Bonchev–Trinajstić information content (AvgIpc) is 2.47. The van der Waals surface area contributed by atoms with E-state index in [1.54, 1.807) is 12.4 Å². The van der Waals surface area contributed by atoms with Gasteiger partial charge in [-0.2, -0.15) is 0 Å². The Kier molecular flexibility index (Phi) is 5.20. The van der Waals surface area contributed by atoms with Gasteiger partial charge in [-0.1, -0.05) is 6.07 Å². The van der Waals surface area contributed by atoms with Gasteiger partial charge in [-0.05, 0) is 35.9 Å². The van der Waals surface area contributed by atoms with Gasteiger partial charge >= 0.3 is 0 Å². The number of carbonyl (C=O) groups is 1. The molecule has 0 aliphatic carbocycles. The van der Waals surface area contributed by atoms with Crippen LogP contribution in [0, 0.1) is 5.82 Å². The maximum absolute atomic E-state index is 12.7. The Morgan fingerprint density at radius 1 is 1.20 bits per heavy atom. The molecule has 0 saturated heterocycles. The Morgan fingerprint density at radius 3 is 2.70 bits per heavy atom. The highest BCUT2D eigenvalue weighted by Crippen LogP contribution is 2.08. The summed E-state index contributed by atoms with van der Waals surface area (Å²) in [4.78, 5) is 15.7. The lowest BCUT2D eigenvalue weighted by atomic mass is 10.2. The summed E-state index contributed by atoms with van der Waals surface area (Å²) in [7, 11) is 0. The van der Waals surface area contributed by atoms with Crippen LogP contribution in [-0.4, -0.2) is 17.4 Å². The van der Waals surface area contributed by atoms with Gasteiger partial charge in [0.15, 0.2) is 0 Å². The Hall–Kier alpha value is -2.27. The molecule has 1 aromatic heterocycles. The molecule has 5 heteroatoms. The van der Waals surface area contributed by atoms with Gasteiger partial charge in [0.1, 0.15) is 5.82 Å². The minimum absolute atomic E-state index is 0.102. The molecule has 0 radical (unpaired) electrons. The number of amides is 1. The van der Waals surface area contributed by atoms with Gasteiger partial charge in [0, 0.05) is 37.6 Å². The second kappa shape index (κ2) is 7.35. The molecule has 0 saturated carbocycles. The number of pyridine rings is 1. The Labute approximate surface area is 117 Å². The number of halogens is 1. The lowest BCUT2D eigenvalue weighted by Crippen LogP contribution is -2.21. The van der Waals surface area contributed by atoms with E-state index in [0.717, 1.165) is 5.56 Å². The summed E-state index contributed by atoms with van der Waals surface area (Å²) in [6.07, 6.45) is 3.86. The zero-order valence-corrected chi connectivity index (χ0v) is 11.0. The van der Waals surface area contributed by atoms with Crippen molar-refractivity contribution in [3.63, 3.8) is 0 Å². The molecule has 1 aromatic carbocycles. The highest BCUT2D eigenvalue weighted by molar-refractivity contribution is 5.90. The molecule has 2 rings (SSSR count). The third-order valence-electron chi connectivity index (χ3n) is 2.71. The van der Waals surface area contributed by atoms with Crippen LogP contribution in [0.25, 0.3) is 0 Å². The number of hydrogen-bond donors (Lipinski definition) is 2. The largest absolute Gasteiger partial charge is 0.326 e. The average molecular weight is 273 g/mol. The molecule has 1 heterocycles. The van der Waals surface area contributed by atoms with Crippen LogP contribution in [0.5, 0.6) is 0 Å². The van der Waals surface area contributed by atoms with Crippen molar-refractivity contribution >= 4 is 11.6 Å². The van der Waals surface area contributed by atoms with Gasteiger partial charge in [-0.25, -0.2) is 4.39 Å². The van der Waals surface area contributed by atoms with Crippen molar-refractivity contribution in [2.45, 2.75) is 13.0 Å². The molecule has 0 spiro atoms. The molecule has 1 amide bonds. The molecule has 0 unspecified atom stereocenters. The fourth-order valence-corrected chi connectivity index (χ4v) is 1.69. The second-order valence-corrected chi connectivity index (χ2v) is 4.34. The van der Waals surface area contributed by atoms with Crippen LogP contribution < -0.4 is 10.6 Å². The molecule has 2 aromatic rings. The van der Waals surface area contributed by atoms with Gasteiger partial charge in [0.05, 0.1) is 0 Å². The number of nitrogens with one attached hydrogen (secondary N) is 2. The van der Waals surface area contributed by atoms with Crippen molar-refractivity contribution in [3.8, 4) is 0 Å². The number of rotatable bonds is 6. The molecule has 4 nitrogen and oxygen atoms in total. The fourth-order valence-electron chi connectivity index (χ4n) is 1.69. The Morgan fingerprint density at radius 2 is 2.00 bits per heavy atom. The van der Waals surface area contributed by atoms with E-state index in [9.17, 15) is 9.18 Å². The summed E-state index contributed by atoms with van der Waals surface area (Å²) in [6.45, 7) is 1.25. The molecular weight excluding hydrogens is 257 g/mol. The summed E-state index contributed by atoms with van der Waals surface area (Å²) in [5.41, 5.74) is 1.68. The number of nitrogens with zero attached hydrogens (tertiary/aromatic N) is 1. The quantitative estimate of drug-likeness (QED) is 0.794. The maximum Gasteiger partial charge on any atom is 0.225 e. The molecule has 20 heavy (non-hydrogen) atoms. The first-order valence-corrected chi connectivity index (χ1v) is 6.39. The lowest BCUT2D eigenvalue weighted by Gasteiger charge is -2.06. The van der Waals surface area contributed by atoms with Crippen LogP contribution in [0.1, 0.15) is 12.0 Å². The minimum atomic E-state index is -0.318. The standard InChI is InChI=1S/C15H16FN3O/c16-13-3-5-14(6-4-13)19-15(20)7-9-18-11-12-2-1-8-17-10-12/h1-6,8,10,18H,7,9,11H2,(H,19,20). The number of hydrogen-bond acceptors (Lipinski definition) is 3. The summed E-state index contributed by atoms with van der Waals surface area (Å²) in [5.74, 6) is -0.420. The third-order valence-corrected chi connectivity index (χ3v) is 2.71.